The van der Waals surface area contributed by atoms with Crippen LogP contribution in [0.25, 0.3) is 0 Å². The maximum atomic E-state index is 12.8. The minimum atomic E-state index is 0.244. The van der Waals surface area contributed by atoms with Gasteiger partial charge in [0, 0.05) is 75.2 Å². The van der Waals surface area contributed by atoms with E-state index in [-0.39, 0.29) is 5.91 Å². The first-order valence-corrected chi connectivity index (χ1v) is 11.3. The van der Waals surface area contributed by atoms with E-state index >= 15 is 0 Å². The largest absolute Gasteiger partial charge is 0.496 e. The zero-order chi connectivity index (χ0) is 21.6. The molecule has 2 aromatic rings. The van der Waals surface area contributed by atoms with E-state index < -0.39 is 0 Å². The standard InChI is InChI=1S/C24H31ClN4O2/c1-31-23-8-3-2-5-20(23)18-26-11-15-29(16-12-26)24(30)19-27-9-13-28(14-10-27)22-7-4-6-21(25)17-22/h2-8,17H,9-16,18-19H2,1H3. The minimum absolute atomic E-state index is 0.244. The number of anilines is 1. The van der Waals surface area contributed by atoms with Gasteiger partial charge in [0.05, 0.1) is 13.7 Å². The van der Waals surface area contributed by atoms with E-state index in [1.54, 1.807) is 7.11 Å². The third-order valence-electron chi connectivity index (χ3n) is 6.22. The fourth-order valence-corrected chi connectivity index (χ4v) is 4.54. The number of hydrogen-bond donors (Lipinski definition) is 0. The molecular formula is C24H31ClN4O2. The smallest absolute Gasteiger partial charge is 0.236 e. The van der Waals surface area contributed by atoms with E-state index in [4.69, 9.17) is 16.3 Å². The number of carbonyl (C=O) groups excluding carboxylic acids is 1. The topological polar surface area (TPSA) is 39.3 Å². The minimum Gasteiger partial charge on any atom is -0.496 e. The summed E-state index contributed by atoms with van der Waals surface area (Å²) in [5, 5.41) is 0.764. The molecule has 2 aliphatic heterocycles. The number of amides is 1. The van der Waals surface area contributed by atoms with Crippen molar-refractivity contribution in [1.82, 2.24) is 14.7 Å². The fraction of sp³-hybridized carbons (Fsp3) is 0.458. The van der Waals surface area contributed by atoms with Gasteiger partial charge in [-0.1, -0.05) is 35.9 Å². The second-order valence-electron chi connectivity index (χ2n) is 8.21. The van der Waals surface area contributed by atoms with Gasteiger partial charge in [0.15, 0.2) is 0 Å². The number of ether oxygens (including phenoxy) is 1. The van der Waals surface area contributed by atoms with Crippen molar-refractivity contribution in [3.63, 3.8) is 0 Å². The van der Waals surface area contributed by atoms with Crippen LogP contribution in [0.3, 0.4) is 0 Å². The van der Waals surface area contributed by atoms with Crippen molar-refractivity contribution >= 4 is 23.2 Å². The number of nitrogens with zero attached hydrogens (tertiary/aromatic N) is 4. The van der Waals surface area contributed by atoms with Crippen LogP contribution in [0, 0.1) is 0 Å². The number of halogens is 1. The summed E-state index contributed by atoms with van der Waals surface area (Å²) in [5.74, 6) is 1.17. The Labute approximate surface area is 189 Å². The van der Waals surface area contributed by atoms with Crippen molar-refractivity contribution in [2.24, 2.45) is 0 Å². The molecule has 2 aromatic carbocycles. The van der Waals surface area contributed by atoms with Crippen LogP contribution in [0.5, 0.6) is 5.75 Å². The van der Waals surface area contributed by atoms with Crippen LogP contribution >= 0.6 is 11.6 Å². The van der Waals surface area contributed by atoms with Gasteiger partial charge >= 0.3 is 0 Å². The Kier molecular flexibility index (Phi) is 7.33. The predicted molar refractivity (Wildman–Crippen MR) is 125 cm³/mol. The normalized spacial score (nSPS) is 18.3. The third-order valence-corrected chi connectivity index (χ3v) is 6.45. The highest BCUT2D eigenvalue weighted by Crippen LogP contribution is 2.22. The molecule has 1 amide bonds. The molecular weight excluding hydrogens is 412 g/mol. The van der Waals surface area contributed by atoms with Crippen molar-refractivity contribution in [2.45, 2.75) is 6.54 Å². The first-order chi connectivity index (χ1) is 15.1. The zero-order valence-electron chi connectivity index (χ0n) is 18.2. The van der Waals surface area contributed by atoms with Crippen LogP contribution in [0.2, 0.25) is 5.02 Å². The molecule has 0 spiro atoms. The van der Waals surface area contributed by atoms with Crippen molar-refractivity contribution < 1.29 is 9.53 Å². The Bertz CT molecular complexity index is 877. The lowest BCUT2D eigenvalue weighted by Crippen LogP contribution is -2.53. The first kappa shape index (κ1) is 21.9. The van der Waals surface area contributed by atoms with Gasteiger partial charge < -0.3 is 14.5 Å². The van der Waals surface area contributed by atoms with Gasteiger partial charge in [0.25, 0.3) is 0 Å². The molecule has 2 fully saturated rings. The molecule has 2 heterocycles. The Morgan fingerprint density at radius 1 is 0.903 bits per heavy atom. The quantitative estimate of drug-likeness (QED) is 0.688. The number of rotatable bonds is 6. The highest BCUT2D eigenvalue weighted by molar-refractivity contribution is 6.30. The Morgan fingerprint density at radius 3 is 2.32 bits per heavy atom. The molecule has 2 saturated heterocycles. The fourth-order valence-electron chi connectivity index (χ4n) is 4.36. The molecule has 2 aliphatic rings. The number of methoxy groups -OCH3 is 1. The van der Waals surface area contributed by atoms with Crippen LogP contribution in [0.4, 0.5) is 5.69 Å². The molecule has 7 heteroatoms. The number of benzene rings is 2. The molecule has 0 saturated carbocycles. The Morgan fingerprint density at radius 2 is 1.61 bits per heavy atom. The van der Waals surface area contributed by atoms with Gasteiger partial charge in [-0.25, -0.2) is 0 Å². The molecule has 31 heavy (non-hydrogen) atoms. The SMILES string of the molecule is COc1ccccc1CN1CCN(C(=O)CN2CCN(c3cccc(Cl)c3)CC2)CC1. The van der Waals surface area contributed by atoms with E-state index in [9.17, 15) is 4.79 Å². The van der Waals surface area contributed by atoms with Gasteiger partial charge in [-0.3, -0.25) is 14.6 Å². The van der Waals surface area contributed by atoms with Crippen molar-refractivity contribution in [3.8, 4) is 5.75 Å². The number of carbonyl (C=O) groups is 1. The summed E-state index contributed by atoms with van der Waals surface area (Å²) in [6, 6.07) is 16.1. The molecule has 0 bridgehead atoms. The first-order valence-electron chi connectivity index (χ1n) is 11.0. The maximum absolute atomic E-state index is 12.8. The molecule has 0 N–H and O–H groups in total. The van der Waals surface area contributed by atoms with E-state index in [2.05, 4.69) is 26.8 Å². The number of hydrogen-bond acceptors (Lipinski definition) is 5. The molecule has 0 aromatic heterocycles. The molecule has 166 valence electrons. The van der Waals surface area contributed by atoms with Crippen LogP contribution < -0.4 is 9.64 Å². The average molecular weight is 443 g/mol. The maximum Gasteiger partial charge on any atom is 0.236 e. The lowest BCUT2D eigenvalue weighted by Gasteiger charge is -2.38. The van der Waals surface area contributed by atoms with Gasteiger partial charge in [0.1, 0.15) is 5.75 Å². The second kappa shape index (κ2) is 10.4. The van der Waals surface area contributed by atoms with Crippen LogP contribution in [-0.2, 0) is 11.3 Å². The third kappa shape index (κ3) is 5.70. The molecule has 0 aliphatic carbocycles. The van der Waals surface area contributed by atoms with Gasteiger partial charge in [-0.15, -0.1) is 0 Å². The predicted octanol–water partition coefficient (Wildman–Crippen LogP) is 2.82. The van der Waals surface area contributed by atoms with Crippen LogP contribution in [0.1, 0.15) is 5.56 Å². The van der Waals surface area contributed by atoms with E-state index in [1.807, 2.05) is 41.3 Å². The van der Waals surface area contributed by atoms with Crippen molar-refractivity contribution in [2.75, 3.05) is 70.9 Å². The summed E-state index contributed by atoms with van der Waals surface area (Å²) in [5.41, 5.74) is 2.35. The highest BCUT2D eigenvalue weighted by Gasteiger charge is 2.25. The van der Waals surface area contributed by atoms with Crippen molar-refractivity contribution in [3.05, 3.63) is 59.1 Å². The summed E-state index contributed by atoms with van der Waals surface area (Å²) in [7, 11) is 1.71. The second-order valence-corrected chi connectivity index (χ2v) is 8.65. The molecule has 0 unspecified atom stereocenters. The van der Waals surface area contributed by atoms with Crippen LogP contribution in [-0.4, -0.2) is 86.6 Å². The van der Waals surface area contributed by atoms with E-state index in [0.717, 1.165) is 75.4 Å². The van der Waals surface area contributed by atoms with Gasteiger partial charge in [0.2, 0.25) is 5.91 Å². The Balaban J connectivity index is 1.21. The van der Waals surface area contributed by atoms with E-state index in [1.165, 1.54) is 5.56 Å². The van der Waals surface area contributed by atoms with Gasteiger partial charge in [-0.05, 0) is 24.3 Å². The summed E-state index contributed by atoms with van der Waals surface area (Å²) in [6.45, 7) is 8.36. The number of piperazine rings is 2. The van der Waals surface area contributed by atoms with E-state index in [0.29, 0.717) is 6.54 Å². The van der Waals surface area contributed by atoms with Crippen LogP contribution in [0.15, 0.2) is 48.5 Å². The van der Waals surface area contributed by atoms with Gasteiger partial charge in [-0.2, -0.15) is 0 Å². The summed E-state index contributed by atoms with van der Waals surface area (Å²) < 4.78 is 5.47. The summed E-state index contributed by atoms with van der Waals surface area (Å²) in [4.78, 5) is 21.9. The lowest BCUT2D eigenvalue weighted by atomic mass is 10.1. The number of para-hydroxylation sites is 1. The molecule has 6 nitrogen and oxygen atoms in total. The molecule has 4 rings (SSSR count). The summed E-state index contributed by atoms with van der Waals surface area (Å²) in [6.07, 6.45) is 0. The lowest BCUT2D eigenvalue weighted by molar-refractivity contribution is -0.134. The average Bonchev–Trinajstić information content (AvgIpc) is 2.80. The highest BCUT2D eigenvalue weighted by atomic mass is 35.5. The molecule has 0 atom stereocenters. The molecule has 0 radical (unpaired) electrons. The summed E-state index contributed by atoms with van der Waals surface area (Å²) >= 11 is 6.12. The monoisotopic (exact) mass is 442 g/mol. The Hall–Kier alpha value is -2.28. The zero-order valence-corrected chi connectivity index (χ0v) is 18.9. The van der Waals surface area contributed by atoms with Crippen molar-refractivity contribution in [1.29, 1.82) is 0 Å².